The topological polar surface area (TPSA) is 79.3 Å². The number of rotatable bonds is 3. The van der Waals surface area contributed by atoms with Crippen molar-refractivity contribution in [2.24, 2.45) is 0 Å². The van der Waals surface area contributed by atoms with Crippen LogP contribution < -0.4 is 5.32 Å². The van der Waals surface area contributed by atoms with Crippen molar-refractivity contribution in [3.63, 3.8) is 0 Å². The average Bonchev–Trinajstić information content (AvgIpc) is 2.41. The van der Waals surface area contributed by atoms with Crippen LogP contribution in [-0.4, -0.2) is 22.0 Å². The third kappa shape index (κ3) is 2.77. The number of hydrogen-bond acceptors (Lipinski definition) is 3. The van der Waals surface area contributed by atoms with Gasteiger partial charge in [0.1, 0.15) is 5.82 Å². The maximum absolute atomic E-state index is 13.6. The van der Waals surface area contributed by atoms with E-state index in [9.17, 15) is 18.4 Å². The number of nitrogens with zero attached hydrogens (tertiary/aromatic N) is 1. The number of para-hydroxylation sites is 1. The lowest BCUT2D eigenvalue weighted by atomic mass is 10.1. The zero-order chi connectivity index (χ0) is 14.7. The van der Waals surface area contributed by atoms with E-state index in [1.807, 2.05) is 0 Å². The van der Waals surface area contributed by atoms with Gasteiger partial charge in [-0.3, -0.25) is 4.79 Å². The lowest BCUT2D eigenvalue weighted by Gasteiger charge is -2.09. The second kappa shape index (κ2) is 5.43. The summed E-state index contributed by atoms with van der Waals surface area (Å²) in [5, 5.41) is 11.1. The Labute approximate surface area is 111 Å². The van der Waals surface area contributed by atoms with Gasteiger partial charge in [0, 0.05) is 6.20 Å². The summed E-state index contributed by atoms with van der Waals surface area (Å²) in [4.78, 5) is 26.1. The minimum atomic E-state index is -1.38. The second-order valence-electron chi connectivity index (χ2n) is 3.79. The van der Waals surface area contributed by atoms with Crippen LogP contribution in [0.2, 0.25) is 0 Å². The molecular weight excluding hydrogens is 270 g/mol. The number of hydrogen-bond donors (Lipinski definition) is 2. The molecule has 102 valence electrons. The molecule has 0 unspecified atom stereocenters. The first kappa shape index (κ1) is 13.6. The van der Waals surface area contributed by atoms with E-state index in [0.29, 0.717) is 0 Å². The normalized spacial score (nSPS) is 10.1. The van der Waals surface area contributed by atoms with E-state index >= 15 is 0 Å². The van der Waals surface area contributed by atoms with Gasteiger partial charge in [-0.15, -0.1) is 0 Å². The first-order valence-corrected chi connectivity index (χ1v) is 5.44. The number of carbonyl (C=O) groups is 2. The maximum atomic E-state index is 13.6. The van der Waals surface area contributed by atoms with Gasteiger partial charge in [-0.25, -0.2) is 14.2 Å². The molecule has 0 aliphatic heterocycles. The number of anilines is 1. The summed E-state index contributed by atoms with van der Waals surface area (Å²) < 4.78 is 26.2. The Hall–Kier alpha value is -2.83. The summed E-state index contributed by atoms with van der Waals surface area (Å²) in [6.07, 6.45) is 0.964. The van der Waals surface area contributed by atoms with Crippen LogP contribution in [0.3, 0.4) is 0 Å². The van der Waals surface area contributed by atoms with E-state index in [-0.39, 0.29) is 11.1 Å². The molecule has 1 heterocycles. The summed E-state index contributed by atoms with van der Waals surface area (Å²) in [6, 6.07) is 5.51. The number of aromatic carboxylic acids is 1. The number of pyridine rings is 1. The summed E-state index contributed by atoms with van der Waals surface area (Å²) >= 11 is 0. The molecule has 1 aromatic carbocycles. The predicted octanol–water partition coefficient (Wildman–Crippen LogP) is 2.31. The van der Waals surface area contributed by atoms with E-state index in [1.165, 1.54) is 6.07 Å². The monoisotopic (exact) mass is 278 g/mol. The largest absolute Gasteiger partial charge is 0.478 e. The fourth-order valence-corrected chi connectivity index (χ4v) is 1.53. The molecule has 0 aliphatic carbocycles. The van der Waals surface area contributed by atoms with E-state index < -0.39 is 29.3 Å². The Kier molecular flexibility index (Phi) is 3.69. The minimum absolute atomic E-state index is 0.0222. The van der Waals surface area contributed by atoms with E-state index in [4.69, 9.17) is 5.11 Å². The fourth-order valence-electron chi connectivity index (χ4n) is 1.53. The Morgan fingerprint density at radius 2 is 1.90 bits per heavy atom. The van der Waals surface area contributed by atoms with Crippen molar-refractivity contribution in [1.29, 1.82) is 0 Å². The van der Waals surface area contributed by atoms with Crippen molar-refractivity contribution in [2.75, 3.05) is 5.32 Å². The summed E-state index contributed by atoms with van der Waals surface area (Å²) in [5.74, 6) is -3.81. The van der Waals surface area contributed by atoms with Gasteiger partial charge in [0.25, 0.3) is 5.91 Å². The van der Waals surface area contributed by atoms with Crippen LogP contribution in [0.15, 0.2) is 36.5 Å². The highest BCUT2D eigenvalue weighted by Gasteiger charge is 2.17. The number of aromatic nitrogens is 1. The Bertz CT molecular complexity index is 672. The zero-order valence-electron chi connectivity index (χ0n) is 9.93. The van der Waals surface area contributed by atoms with Crippen LogP contribution >= 0.6 is 0 Å². The van der Waals surface area contributed by atoms with Gasteiger partial charge in [0.05, 0.1) is 16.8 Å². The molecule has 2 aromatic rings. The molecule has 0 bridgehead atoms. The molecule has 7 heteroatoms. The highest BCUT2D eigenvalue weighted by molar-refractivity contribution is 6.07. The number of nitrogens with one attached hydrogen (secondary N) is 1. The fraction of sp³-hybridized carbons (Fsp3) is 0. The number of carbonyl (C=O) groups excluding carboxylic acids is 1. The number of amides is 1. The quantitative estimate of drug-likeness (QED) is 0.844. The van der Waals surface area contributed by atoms with Crippen molar-refractivity contribution < 1.29 is 23.5 Å². The molecule has 1 amide bonds. The third-order valence-electron chi connectivity index (χ3n) is 2.47. The zero-order valence-corrected chi connectivity index (χ0v) is 9.93. The number of carboxylic acid groups (broad SMARTS) is 1. The number of carboxylic acids is 1. The van der Waals surface area contributed by atoms with Gasteiger partial charge >= 0.3 is 5.97 Å². The van der Waals surface area contributed by atoms with Gasteiger partial charge in [0.15, 0.2) is 0 Å². The Balaban J connectivity index is 2.32. The van der Waals surface area contributed by atoms with Crippen LogP contribution in [0.4, 0.5) is 14.5 Å². The van der Waals surface area contributed by atoms with E-state index in [2.05, 4.69) is 10.3 Å². The molecule has 2 rings (SSSR count). The minimum Gasteiger partial charge on any atom is -0.478 e. The molecule has 0 atom stereocenters. The summed E-state index contributed by atoms with van der Waals surface area (Å²) in [7, 11) is 0. The lowest BCUT2D eigenvalue weighted by Crippen LogP contribution is -2.16. The lowest BCUT2D eigenvalue weighted by molar-refractivity contribution is 0.0697. The first-order valence-electron chi connectivity index (χ1n) is 5.44. The van der Waals surface area contributed by atoms with Crippen LogP contribution in [0.25, 0.3) is 0 Å². The van der Waals surface area contributed by atoms with Crippen molar-refractivity contribution in [3.05, 3.63) is 59.4 Å². The van der Waals surface area contributed by atoms with Crippen molar-refractivity contribution in [3.8, 4) is 0 Å². The van der Waals surface area contributed by atoms with Crippen LogP contribution in [-0.2, 0) is 0 Å². The molecule has 5 nitrogen and oxygen atoms in total. The maximum Gasteiger partial charge on any atom is 0.337 e. The Morgan fingerprint density at radius 1 is 1.15 bits per heavy atom. The van der Waals surface area contributed by atoms with Crippen molar-refractivity contribution in [2.45, 2.75) is 0 Å². The molecule has 0 radical (unpaired) electrons. The van der Waals surface area contributed by atoms with E-state index in [1.54, 1.807) is 0 Å². The van der Waals surface area contributed by atoms with Crippen LogP contribution in [0.1, 0.15) is 20.7 Å². The molecule has 0 fully saturated rings. The molecule has 0 spiro atoms. The van der Waals surface area contributed by atoms with Crippen LogP contribution in [0.5, 0.6) is 0 Å². The third-order valence-corrected chi connectivity index (χ3v) is 2.47. The molecule has 0 aliphatic rings. The van der Waals surface area contributed by atoms with Crippen molar-refractivity contribution in [1.82, 2.24) is 4.98 Å². The molecule has 2 N–H and O–H groups in total. The number of benzene rings is 1. The smallest absolute Gasteiger partial charge is 0.337 e. The van der Waals surface area contributed by atoms with Gasteiger partial charge in [0.2, 0.25) is 5.95 Å². The molecule has 0 saturated carbocycles. The van der Waals surface area contributed by atoms with E-state index in [0.717, 1.165) is 30.5 Å². The Morgan fingerprint density at radius 3 is 2.50 bits per heavy atom. The average molecular weight is 278 g/mol. The summed E-state index contributed by atoms with van der Waals surface area (Å²) in [5.41, 5.74) is -0.853. The van der Waals surface area contributed by atoms with Gasteiger partial charge in [-0.1, -0.05) is 6.07 Å². The highest BCUT2D eigenvalue weighted by Crippen LogP contribution is 2.20. The van der Waals surface area contributed by atoms with Crippen molar-refractivity contribution >= 4 is 17.6 Å². The van der Waals surface area contributed by atoms with Gasteiger partial charge in [-0.05, 0) is 24.3 Å². The standard InChI is InChI=1S/C13H8F2N2O3/c14-9-3-1-2-8(13(19)20)11(9)17-12(18)7-4-5-10(15)16-6-7/h1-6H,(H,17,18)(H,19,20). The molecule has 0 saturated heterocycles. The van der Waals surface area contributed by atoms with Gasteiger partial charge < -0.3 is 10.4 Å². The molecular formula is C13H8F2N2O3. The van der Waals surface area contributed by atoms with Gasteiger partial charge in [-0.2, -0.15) is 4.39 Å². The summed E-state index contributed by atoms with van der Waals surface area (Å²) in [6.45, 7) is 0. The molecule has 20 heavy (non-hydrogen) atoms. The second-order valence-corrected chi connectivity index (χ2v) is 3.79. The molecule has 1 aromatic heterocycles. The first-order chi connectivity index (χ1) is 9.49. The SMILES string of the molecule is O=C(Nc1c(F)cccc1C(=O)O)c1ccc(F)nc1. The highest BCUT2D eigenvalue weighted by atomic mass is 19.1. The number of halogens is 2. The van der Waals surface area contributed by atoms with Crippen LogP contribution in [0, 0.1) is 11.8 Å². The predicted molar refractivity (Wildman–Crippen MR) is 65.5 cm³/mol.